The van der Waals surface area contributed by atoms with Crippen LogP contribution < -0.4 is 10.6 Å². The Balaban J connectivity index is 1.96. The highest BCUT2D eigenvalue weighted by Gasteiger charge is 2.06. The van der Waals surface area contributed by atoms with E-state index in [0.29, 0.717) is 6.61 Å². The maximum Gasteiger partial charge on any atom is 0.411 e. The van der Waals surface area contributed by atoms with E-state index in [1.54, 1.807) is 18.3 Å². The number of carbonyl (C=O) groups is 1. The van der Waals surface area contributed by atoms with Crippen molar-refractivity contribution >= 4 is 40.4 Å². The Bertz CT molecular complexity index is 628. The molecule has 2 aromatic rings. The molecule has 0 atom stereocenters. The lowest BCUT2D eigenvalue weighted by Gasteiger charge is -2.11. The molecule has 6 heteroatoms. The number of aryl methyl sites for hydroxylation is 1. The summed E-state index contributed by atoms with van der Waals surface area (Å²) >= 11 is 7.46. The molecule has 0 unspecified atom stereocenters. The summed E-state index contributed by atoms with van der Waals surface area (Å²) < 4.78 is 5.65. The zero-order chi connectivity index (χ0) is 15.2. The zero-order valence-electron chi connectivity index (χ0n) is 11.9. The average Bonchev–Trinajstić information content (AvgIpc) is 2.85. The van der Waals surface area contributed by atoms with Gasteiger partial charge in [0.05, 0.1) is 10.9 Å². The lowest BCUT2D eigenvalue weighted by atomic mass is 10.2. The Hall–Kier alpha value is -1.72. The molecule has 4 nitrogen and oxygen atoms in total. The van der Waals surface area contributed by atoms with Crippen LogP contribution in [0, 0.1) is 6.92 Å². The van der Waals surface area contributed by atoms with Gasteiger partial charge in [-0.25, -0.2) is 4.79 Å². The number of ether oxygens (including phenoxy) is 1. The van der Waals surface area contributed by atoms with Crippen LogP contribution in [0.4, 0.5) is 16.2 Å². The number of thiophene rings is 1. The molecule has 0 radical (unpaired) electrons. The van der Waals surface area contributed by atoms with E-state index < -0.39 is 6.09 Å². The first-order chi connectivity index (χ1) is 10.1. The first-order valence-corrected chi connectivity index (χ1v) is 7.80. The number of amides is 1. The van der Waals surface area contributed by atoms with Gasteiger partial charge in [0.2, 0.25) is 0 Å². The second-order valence-electron chi connectivity index (χ2n) is 4.43. The second kappa shape index (κ2) is 7.33. The Morgan fingerprint density at radius 3 is 2.76 bits per heavy atom. The van der Waals surface area contributed by atoms with Crippen LogP contribution in [-0.2, 0) is 11.3 Å². The van der Waals surface area contributed by atoms with E-state index in [2.05, 4.69) is 10.6 Å². The highest BCUT2D eigenvalue weighted by Crippen LogP contribution is 2.24. The van der Waals surface area contributed by atoms with Crippen molar-refractivity contribution in [2.24, 2.45) is 0 Å². The molecule has 0 saturated heterocycles. The molecule has 1 aromatic heterocycles. The minimum Gasteiger partial charge on any atom is -0.450 e. The number of carbonyl (C=O) groups excluding carboxylic acids is 1. The molecule has 2 N–H and O–H groups in total. The third kappa shape index (κ3) is 4.65. The molecule has 1 aromatic carbocycles. The second-order valence-corrected chi connectivity index (χ2v) is 6.23. The maximum atomic E-state index is 11.4. The van der Waals surface area contributed by atoms with Gasteiger partial charge in [-0.1, -0.05) is 11.6 Å². The third-order valence-corrected chi connectivity index (χ3v) is 4.07. The lowest BCUT2D eigenvalue weighted by molar-refractivity contribution is 0.168. The SMILES string of the molecule is CCOC(=O)Nc1ccc(NCc2ccc(Cl)s2)cc1C. The summed E-state index contributed by atoms with van der Waals surface area (Å²) in [4.78, 5) is 12.6. The predicted octanol–water partition coefficient (Wildman–Crippen LogP) is 4.89. The van der Waals surface area contributed by atoms with Gasteiger partial charge in [0, 0.05) is 22.8 Å². The van der Waals surface area contributed by atoms with Crippen molar-refractivity contribution in [3.8, 4) is 0 Å². The van der Waals surface area contributed by atoms with E-state index >= 15 is 0 Å². The van der Waals surface area contributed by atoms with Gasteiger partial charge in [-0.3, -0.25) is 5.32 Å². The van der Waals surface area contributed by atoms with Crippen LogP contribution in [0.5, 0.6) is 0 Å². The topological polar surface area (TPSA) is 50.4 Å². The number of halogens is 1. The van der Waals surface area contributed by atoms with Gasteiger partial charge in [-0.2, -0.15) is 0 Å². The highest BCUT2D eigenvalue weighted by molar-refractivity contribution is 7.16. The molecule has 2 rings (SSSR count). The van der Waals surface area contributed by atoms with Crippen molar-refractivity contribution in [1.82, 2.24) is 0 Å². The molecule has 21 heavy (non-hydrogen) atoms. The van der Waals surface area contributed by atoms with Crippen LogP contribution in [0.25, 0.3) is 0 Å². The van der Waals surface area contributed by atoms with Crippen LogP contribution in [0.15, 0.2) is 30.3 Å². The number of hydrogen-bond donors (Lipinski definition) is 2. The monoisotopic (exact) mass is 324 g/mol. The summed E-state index contributed by atoms with van der Waals surface area (Å²) in [6.07, 6.45) is -0.436. The zero-order valence-corrected chi connectivity index (χ0v) is 13.5. The van der Waals surface area contributed by atoms with Crippen LogP contribution in [-0.4, -0.2) is 12.7 Å². The Morgan fingerprint density at radius 1 is 1.33 bits per heavy atom. The van der Waals surface area contributed by atoms with Gasteiger partial charge in [0.25, 0.3) is 0 Å². The van der Waals surface area contributed by atoms with Crippen LogP contribution in [0.1, 0.15) is 17.4 Å². The van der Waals surface area contributed by atoms with E-state index in [1.165, 1.54) is 4.88 Å². The fourth-order valence-electron chi connectivity index (χ4n) is 1.83. The van der Waals surface area contributed by atoms with Crippen LogP contribution >= 0.6 is 22.9 Å². The molecule has 0 bridgehead atoms. The normalized spacial score (nSPS) is 10.2. The van der Waals surface area contributed by atoms with Gasteiger partial charge in [0.15, 0.2) is 0 Å². The van der Waals surface area contributed by atoms with Crippen molar-refractivity contribution in [1.29, 1.82) is 0 Å². The molecule has 0 aliphatic carbocycles. The molecule has 0 aliphatic heterocycles. The van der Waals surface area contributed by atoms with Crippen molar-refractivity contribution in [3.63, 3.8) is 0 Å². The molecule has 1 heterocycles. The van der Waals surface area contributed by atoms with Crippen molar-refractivity contribution in [3.05, 3.63) is 45.1 Å². The Labute approximate surface area is 133 Å². The molecular weight excluding hydrogens is 308 g/mol. The van der Waals surface area contributed by atoms with Gasteiger partial charge >= 0.3 is 6.09 Å². The van der Waals surface area contributed by atoms with Gasteiger partial charge in [0.1, 0.15) is 0 Å². The molecular formula is C15H17ClN2O2S. The molecule has 1 amide bonds. The van der Waals surface area contributed by atoms with Crippen molar-refractivity contribution in [2.45, 2.75) is 20.4 Å². The number of rotatable bonds is 5. The van der Waals surface area contributed by atoms with Crippen LogP contribution in [0.3, 0.4) is 0 Å². The molecule has 0 fully saturated rings. The van der Waals surface area contributed by atoms with Gasteiger partial charge < -0.3 is 10.1 Å². The summed E-state index contributed by atoms with van der Waals surface area (Å²) in [5.41, 5.74) is 2.71. The first kappa shape index (κ1) is 15.7. The number of hydrogen-bond acceptors (Lipinski definition) is 4. The molecule has 0 aliphatic rings. The van der Waals surface area contributed by atoms with Gasteiger partial charge in [-0.05, 0) is 49.7 Å². The van der Waals surface area contributed by atoms with Crippen LogP contribution in [0.2, 0.25) is 4.34 Å². The fourth-order valence-corrected chi connectivity index (χ4v) is 2.85. The summed E-state index contributed by atoms with van der Waals surface area (Å²) in [6.45, 7) is 4.79. The molecule has 0 saturated carbocycles. The summed E-state index contributed by atoms with van der Waals surface area (Å²) in [6, 6.07) is 9.65. The maximum absolute atomic E-state index is 11.4. The summed E-state index contributed by atoms with van der Waals surface area (Å²) in [5, 5.41) is 6.04. The number of nitrogens with one attached hydrogen (secondary N) is 2. The Kier molecular flexibility index (Phi) is 5.47. The standard InChI is InChI=1S/C15H17ClN2O2S/c1-3-20-15(19)18-13-6-4-11(8-10(13)2)17-9-12-5-7-14(16)21-12/h4-8,17H,3,9H2,1-2H3,(H,18,19). The third-order valence-electron chi connectivity index (χ3n) is 2.83. The number of benzene rings is 1. The molecule has 112 valence electrons. The lowest BCUT2D eigenvalue weighted by Crippen LogP contribution is -2.14. The smallest absolute Gasteiger partial charge is 0.411 e. The number of anilines is 2. The minimum absolute atomic E-state index is 0.355. The average molecular weight is 325 g/mol. The predicted molar refractivity (Wildman–Crippen MR) is 88.5 cm³/mol. The largest absolute Gasteiger partial charge is 0.450 e. The molecule has 0 spiro atoms. The summed E-state index contributed by atoms with van der Waals surface area (Å²) in [7, 11) is 0. The first-order valence-electron chi connectivity index (χ1n) is 6.61. The van der Waals surface area contributed by atoms with Gasteiger partial charge in [-0.15, -0.1) is 11.3 Å². The quantitative estimate of drug-likeness (QED) is 0.823. The Morgan fingerprint density at radius 2 is 2.14 bits per heavy atom. The summed E-state index contributed by atoms with van der Waals surface area (Å²) in [5.74, 6) is 0. The van der Waals surface area contributed by atoms with E-state index in [4.69, 9.17) is 16.3 Å². The van der Waals surface area contributed by atoms with E-state index in [-0.39, 0.29) is 0 Å². The fraction of sp³-hybridized carbons (Fsp3) is 0.267. The van der Waals surface area contributed by atoms with E-state index in [0.717, 1.165) is 27.8 Å². The van der Waals surface area contributed by atoms with E-state index in [1.807, 2.05) is 37.3 Å². The highest BCUT2D eigenvalue weighted by atomic mass is 35.5. The van der Waals surface area contributed by atoms with Crippen molar-refractivity contribution in [2.75, 3.05) is 17.2 Å². The van der Waals surface area contributed by atoms with Crippen molar-refractivity contribution < 1.29 is 9.53 Å². The van der Waals surface area contributed by atoms with E-state index in [9.17, 15) is 4.79 Å². The minimum atomic E-state index is -0.436.